The van der Waals surface area contributed by atoms with Gasteiger partial charge in [0.2, 0.25) is 5.95 Å². The van der Waals surface area contributed by atoms with Crippen molar-refractivity contribution in [2.45, 2.75) is 44.1 Å². The topological polar surface area (TPSA) is 107 Å². The predicted molar refractivity (Wildman–Crippen MR) is 96.0 cm³/mol. The molecule has 138 valence electrons. The molecule has 1 saturated heterocycles. The van der Waals surface area contributed by atoms with Gasteiger partial charge in [-0.25, -0.2) is 9.97 Å². The first-order chi connectivity index (χ1) is 12.6. The van der Waals surface area contributed by atoms with Crippen molar-refractivity contribution in [1.29, 1.82) is 0 Å². The van der Waals surface area contributed by atoms with Gasteiger partial charge >= 0.3 is 0 Å². The number of rotatable bonds is 4. The van der Waals surface area contributed by atoms with E-state index in [1.165, 1.54) is 0 Å². The van der Waals surface area contributed by atoms with Crippen LogP contribution >= 0.6 is 0 Å². The van der Waals surface area contributed by atoms with E-state index in [9.17, 15) is 9.90 Å². The standard InChI is InChI=1S/C18H24N6O2/c25-16(15-13-5-1-2-6-14(13)22-23-15)21-11-18(26)7-3-10-24(12-18)17-19-8-4-9-20-17/h4,8-9,26H,1-3,5-7,10-12H2,(H,21,25)(H,22,23)/t18-/m1/s1. The van der Waals surface area contributed by atoms with Gasteiger partial charge in [-0.15, -0.1) is 0 Å². The van der Waals surface area contributed by atoms with Gasteiger partial charge in [-0.1, -0.05) is 0 Å². The average molecular weight is 356 g/mol. The van der Waals surface area contributed by atoms with E-state index < -0.39 is 5.60 Å². The van der Waals surface area contributed by atoms with E-state index >= 15 is 0 Å². The summed E-state index contributed by atoms with van der Waals surface area (Å²) in [5.41, 5.74) is 1.58. The van der Waals surface area contributed by atoms with Gasteiger partial charge in [0.15, 0.2) is 5.69 Å². The molecule has 0 radical (unpaired) electrons. The smallest absolute Gasteiger partial charge is 0.272 e. The second-order valence-electron chi connectivity index (χ2n) is 7.22. The van der Waals surface area contributed by atoms with Crippen LogP contribution in [0.15, 0.2) is 18.5 Å². The highest BCUT2D eigenvalue weighted by Crippen LogP contribution is 2.24. The summed E-state index contributed by atoms with van der Waals surface area (Å²) in [7, 11) is 0. The van der Waals surface area contributed by atoms with E-state index in [0.29, 0.717) is 24.6 Å². The molecule has 1 aliphatic carbocycles. The van der Waals surface area contributed by atoms with Crippen LogP contribution in [0.3, 0.4) is 0 Å². The lowest BCUT2D eigenvalue weighted by Crippen LogP contribution is -2.54. The molecule has 3 heterocycles. The lowest BCUT2D eigenvalue weighted by atomic mass is 9.92. The van der Waals surface area contributed by atoms with Gasteiger partial charge < -0.3 is 15.3 Å². The number of nitrogens with zero attached hydrogens (tertiary/aromatic N) is 4. The van der Waals surface area contributed by atoms with Crippen LogP contribution in [-0.4, -0.2) is 56.4 Å². The van der Waals surface area contributed by atoms with Crippen molar-refractivity contribution in [3.63, 3.8) is 0 Å². The SMILES string of the molecule is O=C(NC[C@]1(O)CCCN(c2ncccn2)C1)c1n[nH]c2c1CCCC2. The number of hydrogen-bond donors (Lipinski definition) is 3. The third-order valence-corrected chi connectivity index (χ3v) is 5.24. The fraction of sp³-hybridized carbons (Fsp3) is 0.556. The van der Waals surface area contributed by atoms with E-state index in [1.807, 2.05) is 4.90 Å². The number of aromatic nitrogens is 4. The normalized spacial score (nSPS) is 22.7. The van der Waals surface area contributed by atoms with Gasteiger partial charge in [-0.05, 0) is 44.6 Å². The molecule has 2 aliphatic rings. The Kier molecular flexibility index (Phi) is 4.58. The van der Waals surface area contributed by atoms with Crippen molar-refractivity contribution < 1.29 is 9.90 Å². The molecule has 2 aromatic rings. The number of aromatic amines is 1. The molecule has 1 atom stereocenters. The first kappa shape index (κ1) is 17.0. The molecule has 0 spiro atoms. The van der Waals surface area contributed by atoms with Crippen molar-refractivity contribution >= 4 is 11.9 Å². The van der Waals surface area contributed by atoms with Crippen molar-refractivity contribution in [3.8, 4) is 0 Å². The molecule has 0 unspecified atom stereocenters. The summed E-state index contributed by atoms with van der Waals surface area (Å²) >= 11 is 0. The van der Waals surface area contributed by atoms with Crippen LogP contribution in [-0.2, 0) is 12.8 Å². The fourth-order valence-corrected chi connectivity index (χ4v) is 3.88. The number of nitrogens with one attached hydrogen (secondary N) is 2. The summed E-state index contributed by atoms with van der Waals surface area (Å²) in [4.78, 5) is 23.0. The summed E-state index contributed by atoms with van der Waals surface area (Å²) in [6.45, 7) is 1.39. The molecule has 3 N–H and O–H groups in total. The second-order valence-corrected chi connectivity index (χ2v) is 7.22. The van der Waals surface area contributed by atoms with Crippen molar-refractivity contribution in [3.05, 3.63) is 35.4 Å². The molecular formula is C18H24N6O2. The number of aryl methyl sites for hydroxylation is 1. The molecular weight excluding hydrogens is 332 g/mol. The van der Waals surface area contributed by atoms with Crippen LogP contribution in [0.25, 0.3) is 0 Å². The van der Waals surface area contributed by atoms with Gasteiger partial charge in [0.25, 0.3) is 5.91 Å². The lowest BCUT2D eigenvalue weighted by molar-refractivity contribution is 0.0251. The van der Waals surface area contributed by atoms with E-state index in [4.69, 9.17) is 0 Å². The number of carbonyl (C=O) groups is 1. The van der Waals surface area contributed by atoms with E-state index in [1.54, 1.807) is 18.5 Å². The Bertz CT molecular complexity index is 777. The number of anilines is 1. The zero-order valence-corrected chi connectivity index (χ0v) is 14.7. The molecule has 0 bridgehead atoms. The summed E-state index contributed by atoms with van der Waals surface area (Å²) in [5.74, 6) is 0.393. The Morgan fingerprint density at radius 3 is 2.92 bits per heavy atom. The molecule has 8 nitrogen and oxygen atoms in total. The molecule has 4 rings (SSSR count). The van der Waals surface area contributed by atoms with E-state index in [0.717, 1.165) is 49.9 Å². The van der Waals surface area contributed by atoms with E-state index in [2.05, 4.69) is 25.5 Å². The molecule has 8 heteroatoms. The van der Waals surface area contributed by atoms with Crippen molar-refractivity contribution in [1.82, 2.24) is 25.5 Å². The first-order valence-electron chi connectivity index (χ1n) is 9.23. The second kappa shape index (κ2) is 7.03. The number of amides is 1. The number of piperidine rings is 1. The van der Waals surface area contributed by atoms with Gasteiger partial charge in [-0.3, -0.25) is 9.89 Å². The monoisotopic (exact) mass is 356 g/mol. The largest absolute Gasteiger partial charge is 0.386 e. The van der Waals surface area contributed by atoms with Crippen molar-refractivity contribution in [2.24, 2.45) is 0 Å². The molecule has 1 amide bonds. The molecule has 1 fully saturated rings. The minimum absolute atomic E-state index is 0.191. The van der Waals surface area contributed by atoms with Crippen LogP contribution in [0.5, 0.6) is 0 Å². The highest BCUT2D eigenvalue weighted by Gasteiger charge is 2.35. The Morgan fingerprint density at radius 2 is 2.08 bits per heavy atom. The third kappa shape index (κ3) is 3.41. The Balaban J connectivity index is 1.40. The highest BCUT2D eigenvalue weighted by atomic mass is 16.3. The molecule has 1 aliphatic heterocycles. The van der Waals surface area contributed by atoms with Crippen LogP contribution < -0.4 is 10.2 Å². The number of aliphatic hydroxyl groups is 1. The minimum atomic E-state index is -0.997. The van der Waals surface area contributed by atoms with Crippen LogP contribution in [0.4, 0.5) is 5.95 Å². The molecule has 0 saturated carbocycles. The van der Waals surface area contributed by atoms with Crippen LogP contribution in [0.1, 0.15) is 47.4 Å². The lowest BCUT2D eigenvalue weighted by Gasteiger charge is -2.39. The number of fused-ring (bicyclic) bond motifs is 1. The maximum Gasteiger partial charge on any atom is 0.272 e. The summed E-state index contributed by atoms with van der Waals surface area (Å²) in [6.07, 6.45) is 8.90. The molecule has 26 heavy (non-hydrogen) atoms. The van der Waals surface area contributed by atoms with Crippen molar-refractivity contribution in [2.75, 3.05) is 24.5 Å². The molecule has 0 aromatic carbocycles. The molecule has 2 aromatic heterocycles. The van der Waals surface area contributed by atoms with Gasteiger partial charge in [0.1, 0.15) is 0 Å². The predicted octanol–water partition coefficient (Wildman–Crippen LogP) is 0.840. The zero-order valence-electron chi connectivity index (χ0n) is 14.7. The maximum absolute atomic E-state index is 12.6. The Morgan fingerprint density at radius 1 is 1.27 bits per heavy atom. The number of H-pyrrole nitrogens is 1. The highest BCUT2D eigenvalue weighted by molar-refractivity contribution is 5.94. The Labute approximate surface area is 152 Å². The van der Waals surface area contributed by atoms with Gasteiger partial charge in [0, 0.05) is 36.7 Å². The van der Waals surface area contributed by atoms with Crippen LogP contribution in [0.2, 0.25) is 0 Å². The average Bonchev–Trinajstić information content (AvgIpc) is 3.11. The third-order valence-electron chi connectivity index (χ3n) is 5.24. The van der Waals surface area contributed by atoms with Gasteiger partial charge in [0.05, 0.1) is 12.1 Å². The fourth-order valence-electron chi connectivity index (χ4n) is 3.88. The number of carbonyl (C=O) groups excluding carboxylic acids is 1. The maximum atomic E-state index is 12.6. The zero-order chi connectivity index (χ0) is 18.0. The van der Waals surface area contributed by atoms with Gasteiger partial charge in [-0.2, -0.15) is 5.10 Å². The summed E-state index contributed by atoms with van der Waals surface area (Å²) in [5, 5.41) is 21.0. The number of hydrogen-bond acceptors (Lipinski definition) is 6. The van der Waals surface area contributed by atoms with Crippen LogP contribution in [0, 0.1) is 0 Å². The van der Waals surface area contributed by atoms with E-state index in [-0.39, 0.29) is 12.5 Å². The number of β-amino-alcohol motifs (C(OH)–C–C–N with tert-alkyl or cyclic N) is 1. The quantitative estimate of drug-likeness (QED) is 0.749. The first-order valence-corrected chi connectivity index (χ1v) is 9.23. The Hall–Kier alpha value is -2.48. The summed E-state index contributed by atoms with van der Waals surface area (Å²) in [6, 6.07) is 1.77. The summed E-state index contributed by atoms with van der Waals surface area (Å²) < 4.78 is 0. The minimum Gasteiger partial charge on any atom is -0.386 e.